The summed E-state index contributed by atoms with van der Waals surface area (Å²) in [4.78, 5) is 34.2. The number of H-pyrrole nitrogens is 1. The number of benzene rings is 1. The number of aromatic amines is 1. The Balaban J connectivity index is 1.80. The van der Waals surface area contributed by atoms with E-state index in [-0.39, 0.29) is 11.5 Å². The zero-order valence-electron chi connectivity index (χ0n) is 15.2. The van der Waals surface area contributed by atoms with Gasteiger partial charge in [-0.3, -0.25) is 9.59 Å². The van der Waals surface area contributed by atoms with Crippen LogP contribution in [0.15, 0.2) is 26.6 Å². The van der Waals surface area contributed by atoms with E-state index < -0.39 is 0 Å². The molecule has 7 heteroatoms. The first-order chi connectivity index (χ1) is 12.4. The molecule has 26 heavy (non-hydrogen) atoms. The van der Waals surface area contributed by atoms with Crippen molar-refractivity contribution in [3.63, 3.8) is 0 Å². The minimum Gasteiger partial charge on any atom is -0.312 e. The summed E-state index contributed by atoms with van der Waals surface area (Å²) in [6.45, 7) is 4.59. The van der Waals surface area contributed by atoms with Crippen LogP contribution in [-0.4, -0.2) is 28.7 Å². The lowest BCUT2D eigenvalue weighted by atomic mass is 9.97. The van der Waals surface area contributed by atoms with Crippen LogP contribution in [0, 0.1) is 13.8 Å². The van der Waals surface area contributed by atoms with Crippen LogP contribution in [0.3, 0.4) is 0 Å². The van der Waals surface area contributed by atoms with E-state index in [1.807, 2.05) is 31.1 Å². The van der Waals surface area contributed by atoms with Crippen molar-refractivity contribution in [2.45, 2.75) is 44.7 Å². The fourth-order valence-electron chi connectivity index (χ4n) is 3.51. The molecule has 3 rings (SSSR count). The molecule has 138 valence electrons. The van der Waals surface area contributed by atoms with Gasteiger partial charge in [-0.15, -0.1) is 0 Å². The van der Waals surface area contributed by atoms with E-state index in [1.54, 1.807) is 0 Å². The highest BCUT2D eigenvalue weighted by Crippen LogP contribution is 2.34. The zero-order valence-corrected chi connectivity index (χ0v) is 17.6. The molecule has 1 aromatic carbocycles. The molecule has 0 radical (unpaired) electrons. The van der Waals surface area contributed by atoms with Crippen molar-refractivity contribution in [1.82, 2.24) is 9.97 Å². The highest BCUT2D eigenvalue weighted by Gasteiger charge is 2.25. The van der Waals surface area contributed by atoms with Gasteiger partial charge in [0.1, 0.15) is 0 Å². The van der Waals surface area contributed by atoms with Crippen molar-refractivity contribution in [3.8, 4) is 0 Å². The predicted molar refractivity (Wildman–Crippen MR) is 109 cm³/mol. The second kappa shape index (κ2) is 7.96. The van der Waals surface area contributed by atoms with Crippen LogP contribution in [0.1, 0.15) is 35.2 Å². The number of hydrogen-bond donors (Lipinski definition) is 1. The fraction of sp³-hybridized carbons (Fsp3) is 0.421. The smallest absolute Gasteiger partial charge is 0.254 e. The molecule has 5 nitrogen and oxygen atoms in total. The van der Waals surface area contributed by atoms with Crippen LogP contribution in [-0.2, 0) is 17.6 Å². The third-order valence-corrected chi connectivity index (χ3v) is 5.76. The Morgan fingerprint density at radius 3 is 2.85 bits per heavy atom. The van der Waals surface area contributed by atoms with Crippen molar-refractivity contribution in [2.75, 3.05) is 17.7 Å². The number of nitrogens with one attached hydrogen (secondary N) is 1. The number of nitrogens with zero attached hydrogens (tertiary/aromatic N) is 2. The van der Waals surface area contributed by atoms with E-state index >= 15 is 0 Å². The number of anilines is 1. The van der Waals surface area contributed by atoms with Gasteiger partial charge in [0.05, 0.1) is 0 Å². The largest absolute Gasteiger partial charge is 0.312 e. The first kappa shape index (κ1) is 19.2. The number of carbonyl (C=O) groups excluding carboxylic acids is 1. The third kappa shape index (κ3) is 3.88. The van der Waals surface area contributed by atoms with Gasteiger partial charge < -0.3 is 9.88 Å². The Morgan fingerprint density at radius 1 is 1.38 bits per heavy atom. The summed E-state index contributed by atoms with van der Waals surface area (Å²) in [5, 5.41) is 0.605. The summed E-state index contributed by atoms with van der Waals surface area (Å²) < 4.78 is 1.05. The number of aryl methyl sites for hydroxylation is 3. The van der Waals surface area contributed by atoms with Crippen molar-refractivity contribution < 1.29 is 4.79 Å². The molecule has 1 amide bonds. The molecule has 0 fully saturated rings. The highest BCUT2D eigenvalue weighted by molar-refractivity contribution is 9.10. The van der Waals surface area contributed by atoms with Gasteiger partial charge in [0.2, 0.25) is 5.91 Å². The SMILES string of the molecule is CSc1nc(C)c(CCC(=O)N2CCCc3cc(Br)cc(C)c32)c(=O)[nH]1. The van der Waals surface area contributed by atoms with Gasteiger partial charge >= 0.3 is 0 Å². The second-order valence-corrected chi connectivity index (χ2v) is 8.23. The first-order valence-corrected chi connectivity index (χ1v) is 10.7. The molecule has 0 saturated heterocycles. The molecule has 0 atom stereocenters. The number of halogens is 1. The van der Waals surface area contributed by atoms with Crippen LogP contribution in [0.2, 0.25) is 0 Å². The van der Waals surface area contributed by atoms with Crippen molar-refractivity contribution in [2.24, 2.45) is 0 Å². The standard InChI is InChI=1S/C19H22BrN3O2S/c1-11-9-14(20)10-13-5-4-8-23(17(11)13)16(24)7-6-15-12(2)21-19(26-3)22-18(15)25/h9-10H,4-8H2,1-3H3,(H,21,22,25). The van der Waals surface area contributed by atoms with Crippen molar-refractivity contribution >= 4 is 39.3 Å². The predicted octanol–water partition coefficient (Wildman–Crippen LogP) is 3.78. The minimum absolute atomic E-state index is 0.0594. The molecule has 0 bridgehead atoms. The summed E-state index contributed by atoms with van der Waals surface area (Å²) >= 11 is 4.94. The Morgan fingerprint density at radius 2 is 2.15 bits per heavy atom. The molecular formula is C19H22BrN3O2S. The molecule has 0 unspecified atom stereocenters. The summed E-state index contributed by atoms with van der Waals surface area (Å²) in [6.07, 6.45) is 4.52. The van der Waals surface area contributed by atoms with Crippen molar-refractivity contribution in [1.29, 1.82) is 0 Å². The highest BCUT2D eigenvalue weighted by atomic mass is 79.9. The first-order valence-electron chi connectivity index (χ1n) is 8.64. The third-order valence-electron chi connectivity index (χ3n) is 4.73. The number of thioether (sulfide) groups is 1. The van der Waals surface area contributed by atoms with Crippen LogP contribution in [0.4, 0.5) is 5.69 Å². The minimum atomic E-state index is -0.145. The summed E-state index contributed by atoms with van der Waals surface area (Å²) in [5.74, 6) is 0.0594. The Kier molecular flexibility index (Phi) is 5.87. The summed E-state index contributed by atoms with van der Waals surface area (Å²) in [7, 11) is 0. The Bertz CT molecular complexity index is 910. The number of amides is 1. The summed E-state index contributed by atoms with van der Waals surface area (Å²) in [6, 6.07) is 4.14. The molecule has 0 spiro atoms. The zero-order chi connectivity index (χ0) is 18.8. The molecule has 0 saturated carbocycles. The number of carbonyl (C=O) groups is 1. The van der Waals surface area contributed by atoms with Crippen LogP contribution in [0.5, 0.6) is 0 Å². The lowest BCUT2D eigenvalue weighted by Crippen LogP contribution is -2.36. The number of rotatable bonds is 4. The quantitative estimate of drug-likeness (QED) is 0.585. The Hall–Kier alpha value is -1.60. The monoisotopic (exact) mass is 435 g/mol. The maximum atomic E-state index is 12.9. The molecule has 1 aliphatic rings. The van der Waals surface area contributed by atoms with Gasteiger partial charge in [0, 0.05) is 34.4 Å². The molecule has 1 aromatic heterocycles. The number of hydrogen-bond acceptors (Lipinski definition) is 4. The molecule has 0 aliphatic carbocycles. The maximum Gasteiger partial charge on any atom is 0.254 e. The van der Waals surface area contributed by atoms with Crippen LogP contribution >= 0.6 is 27.7 Å². The van der Waals surface area contributed by atoms with E-state index in [4.69, 9.17) is 0 Å². The van der Waals surface area contributed by atoms with Gasteiger partial charge in [-0.1, -0.05) is 27.7 Å². The van der Waals surface area contributed by atoms with Crippen LogP contribution < -0.4 is 10.5 Å². The average Bonchev–Trinajstić information content (AvgIpc) is 2.59. The van der Waals surface area contributed by atoms with E-state index in [2.05, 4.69) is 32.0 Å². The number of fused-ring (bicyclic) bond motifs is 1. The van der Waals surface area contributed by atoms with Gasteiger partial charge in [0.25, 0.3) is 5.56 Å². The Labute approximate surface area is 165 Å². The molecule has 1 aliphatic heterocycles. The maximum absolute atomic E-state index is 12.9. The van der Waals surface area contributed by atoms with Gasteiger partial charge in [-0.05, 0) is 62.6 Å². The van der Waals surface area contributed by atoms with E-state index in [9.17, 15) is 9.59 Å². The van der Waals surface area contributed by atoms with E-state index in [0.717, 1.165) is 35.1 Å². The van der Waals surface area contributed by atoms with Crippen LogP contribution in [0.25, 0.3) is 0 Å². The number of aromatic nitrogens is 2. The van der Waals surface area contributed by atoms with Crippen molar-refractivity contribution in [3.05, 3.63) is 49.3 Å². The fourth-order valence-corrected chi connectivity index (χ4v) is 4.56. The van der Waals surface area contributed by atoms with Gasteiger partial charge in [0.15, 0.2) is 5.16 Å². The lowest BCUT2D eigenvalue weighted by Gasteiger charge is -2.31. The molecule has 2 aromatic rings. The molecule has 1 N–H and O–H groups in total. The van der Waals surface area contributed by atoms with E-state index in [0.29, 0.717) is 29.3 Å². The molecule has 2 heterocycles. The topological polar surface area (TPSA) is 66.1 Å². The normalized spacial score (nSPS) is 13.6. The molecular weight excluding hydrogens is 414 g/mol. The van der Waals surface area contributed by atoms with E-state index in [1.165, 1.54) is 17.3 Å². The average molecular weight is 436 g/mol. The summed E-state index contributed by atoms with van der Waals surface area (Å²) in [5.41, 5.74) is 4.49. The van der Waals surface area contributed by atoms with Gasteiger partial charge in [-0.25, -0.2) is 4.98 Å². The van der Waals surface area contributed by atoms with Gasteiger partial charge in [-0.2, -0.15) is 0 Å². The second-order valence-electron chi connectivity index (χ2n) is 6.52. The lowest BCUT2D eigenvalue weighted by molar-refractivity contribution is -0.118.